The predicted octanol–water partition coefficient (Wildman–Crippen LogP) is 2.34. The van der Waals surface area contributed by atoms with E-state index in [1.165, 1.54) is 12.1 Å². The molecule has 1 fully saturated rings. The fourth-order valence-electron chi connectivity index (χ4n) is 3.38. The number of esters is 2. The zero-order chi connectivity index (χ0) is 19.0. The lowest BCUT2D eigenvalue weighted by atomic mass is 10.2. The molecule has 1 aromatic heterocycles. The lowest BCUT2D eigenvalue weighted by Crippen LogP contribution is -2.31. The average molecular weight is 371 g/mol. The summed E-state index contributed by atoms with van der Waals surface area (Å²) in [5.74, 6) is -1.13. The second kappa shape index (κ2) is 6.96. The molecule has 27 heavy (non-hydrogen) atoms. The number of rotatable bonds is 2. The Morgan fingerprint density at radius 3 is 2.44 bits per heavy atom. The predicted molar refractivity (Wildman–Crippen MR) is 93.0 cm³/mol. The highest BCUT2D eigenvalue weighted by molar-refractivity contribution is 5.93. The van der Waals surface area contributed by atoms with Crippen molar-refractivity contribution in [1.82, 2.24) is 14.5 Å². The molecule has 0 bridgehead atoms. The molecule has 0 aliphatic carbocycles. The Labute approximate surface area is 155 Å². The van der Waals surface area contributed by atoms with E-state index in [-0.39, 0.29) is 11.7 Å². The number of hydrogen-bond acceptors (Lipinski definition) is 6. The van der Waals surface area contributed by atoms with Crippen molar-refractivity contribution in [2.24, 2.45) is 7.05 Å². The number of cyclic esters (lactones) is 1. The summed E-state index contributed by atoms with van der Waals surface area (Å²) >= 11 is 0. The van der Waals surface area contributed by atoms with Gasteiger partial charge in [-0.3, -0.25) is 4.90 Å². The van der Waals surface area contributed by atoms with Gasteiger partial charge in [0.05, 0.1) is 0 Å². The molecule has 0 radical (unpaired) electrons. The summed E-state index contributed by atoms with van der Waals surface area (Å²) in [4.78, 5) is 30.6. The Balaban J connectivity index is 1.85. The number of carbonyl (C=O) groups is 2. The minimum Gasteiger partial charge on any atom is -0.437 e. The Hall–Kier alpha value is -3.00. The molecule has 2 aromatic rings. The average Bonchev–Trinajstić information content (AvgIpc) is 3.28. The highest BCUT2D eigenvalue weighted by Crippen LogP contribution is 2.36. The van der Waals surface area contributed by atoms with Gasteiger partial charge in [0.2, 0.25) is 12.1 Å². The van der Waals surface area contributed by atoms with Crippen LogP contribution in [-0.2, 0) is 21.4 Å². The van der Waals surface area contributed by atoms with Gasteiger partial charge in [-0.2, -0.15) is 4.98 Å². The normalized spacial score (nSPS) is 21.6. The van der Waals surface area contributed by atoms with Gasteiger partial charge >= 0.3 is 11.9 Å². The first kappa shape index (κ1) is 17.4. The van der Waals surface area contributed by atoms with Crippen LogP contribution in [0.1, 0.15) is 24.8 Å². The first-order valence-electron chi connectivity index (χ1n) is 8.70. The first-order valence-corrected chi connectivity index (χ1v) is 8.70. The van der Waals surface area contributed by atoms with E-state index in [4.69, 9.17) is 9.47 Å². The molecule has 140 valence electrons. The van der Waals surface area contributed by atoms with Crippen molar-refractivity contribution in [1.29, 1.82) is 0 Å². The highest BCUT2D eigenvalue weighted by atomic mass is 19.1. The van der Waals surface area contributed by atoms with Crippen LogP contribution >= 0.6 is 0 Å². The van der Waals surface area contributed by atoms with Crippen molar-refractivity contribution in [3.8, 4) is 17.3 Å². The van der Waals surface area contributed by atoms with Gasteiger partial charge in [0, 0.05) is 37.9 Å². The fraction of sp³-hybridized carbons (Fsp3) is 0.316. The molecule has 2 aliphatic heterocycles. The maximum atomic E-state index is 13.3. The largest absolute Gasteiger partial charge is 0.437 e. The number of halogens is 1. The van der Waals surface area contributed by atoms with Crippen molar-refractivity contribution in [3.05, 3.63) is 47.9 Å². The summed E-state index contributed by atoms with van der Waals surface area (Å²) in [6, 6.07) is 5.85. The van der Waals surface area contributed by atoms with Crippen molar-refractivity contribution in [3.63, 3.8) is 0 Å². The number of aromatic nitrogens is 2. The van der Waals surface area contributed by atoms with Crippen LogP contribution in [0.25, 0.3) is 11.4 Å². The summed E-state index contributed by atoms with van der Waals surface area (Å²) < 4.78 is 26.0. The van der Waals surface area contributed by atoms with Crippen molar-refractivity contribution in [2.75, 3.05) is 13.1 Å². The smallest absolute Gasteiger partial charge is 0.337 e. The van der Waals surface area contributed by atoms with Crippen LogP contribution in [0.3, 0.4) is 0 Å². The van der Waals surface area contributed by atoms with E-state index in [2.05, 4.69) is 4.98 Å². The third kappa shape index (κ3) is 3.35. The highest BCUT2D eigenvalue weighted by Gasteiger charge is 2.35. The van der Waals surface area contributed by atoms with Crippen molar-refractivity contribution >= 4 is 11.9 Å². The maximum absolute atomic E-state index is 13.3. The van der Waals surface area contributed by atoms with Gasteiger partial charge in [-0.15, -0.1) is 0 Å². The second-order valence-electron chi connectivity index (χ2n) is 6.48. The molecule has 0 amide bonds. The van der Waals surface area contributed by atoms with Gasteiger partial charge in [0.25, 0.3) is 0 Å². The Kier molecular flexibility index (Phi) is 4.49. The second-order valence-corrected chi connectivity index (χ2v) is 6.48. The van der Waals surface area contributed by atoms with E-state index in [0.29, 0.717) is 17.1 Å². The molecule has 1 unspecified atom stereocenters. The minimum absolute atomic E-state index is 0.0816. The standard InChI is InChI=1S/C19H18FN3O4/c1-22-16-18(21-17(22)12-4-6-13(20)7-5-12)26-14(24)8-9-15(25)27-19(16)23-10-2-3-11-23/h4-9,19H,2-3,10-11H2,1H3/b9-8+. The van der Waals surface area contributed by atoms with Crippen molar-refractivity contribution < 1.29 is 23.5 Å². The topological polar surface area (TPSA) is 73.7 Å². The quantitative estimate of drug-likeness (QED) is 0.755. The molecule has 1 atom stereocenters. The van der Waals surface area contributed by atoms with Crippen LogP contribution < -0.4 is 4.74 Å². The molecular weight excluding hydrogens is 353 g/mol. The molecule has 0 N–H and O–H groups in total. The molecule has 1 aromatic carbocycles. The number of nitrogens with zero attached hydrogens (tertiary/aromatic N) is 3. The van der Waals surface area contributed by atoms with Gasteiger partial charge in [-0.05, 0) is 37.1 Å². The fourth-order valence-corrected chi connectivity index (χ4v) is 3.38. The third-order valence-electron chi connectivity index (χ3n) is 4.69. The molecule has 7 nitrogen and oxygen atoms in total. The SMILES string of the molecule is Cn1c(-c2ccc(F)cc2)nc2c1C(N1CCCC1)OC(=O)/C=C/C(=O)O2. The molecule has 4 rings (SSSR count). The number of ether oxygens (including phenoxy) is 2. The van der Waals surface area contributed by atoms with Crippen LogP contribution in [0.5, 0.6) is 5.88 Å². The number of carbonyl (C=O) groups excluding carboxylic acids is 2. The molecule has 8 heteroatoms. The Morgan fingerprint density at radius 1 is 1.07 bits per heavy atom. The van der Waals surface area contributed by atoms with Gasteiger partial charge in [0.1, 0.15) is 17.3 Å². The maximum Gasteiger partial charge on any atom is 0.337 e. The molecule has 0 spiro atoms. The van der Waals surface area contributed by atoms with E-state index in [0.717, 1.165) is 38.1 Å². The number of benzene rings is 1. The number of likely N-dealkylation sites (tertiary alicyclic amines) is 1. The van der Waals surface area contributed by atoms with E-state index in [9.17, 15) is 14.0 Å². The number of imidazole rings is 1. The van der Waals surface area contributed by atoms with Gasteiger partial charge in [0.15, 0.2) is 0 Å². The van der Waals surface area contributed by atoms with E-state index < -0.39 is 18.2 Å². The van der Waals surface area contributed by atoms with E-state index in [1.807, 2.05) is 4.90 Å². The lowest BCUT2D eigenvalue weighted by Gasteiger charge is -2.27. The zero-order valence-electron chi connectivity index (χ0n) is 14.7. The molecule has 1 saturated heterocycles. The number of hydrogen-bond donors (Lipinski definition) is 0. The molecule has 3 heterocycles. The summed E-state index contributed by atoms with van der Waals surface area (Å²) in [6.07, 6.45) is 3.32. The Bertz CT molecular complexity index is 914. The van der Waals surface area contributed by atoms with E-state index in [1.54, 1.807) is 23.7 Å². The lowest BCUT2D eigenvalue weighted by molar-refractivity contribution is -0.153. The molecule has 2 aliphatic rings. The van der Waals surface area contributed by atoms with Crippen LogP contribution in [0, 0.1) is 5.82 Å². The summed E-state index contributed by atoms with van der Waals surface area (Å²) in [5, 5.41) is 0. The third-order valence-corrected chi connectivity index (χ3v) is 4.69. The monoisotopic (exact) mass is 371 g/mol. The van der Waals surface area contributed by atoms with Gasteiger partial charge < -0.3 is 14.0 Å². The van der Waals surface area contributed by atoms with Crippen molar-refractivity contribution in [2.45, 2.75) is 19.1 Å². The summed E-state index contributed by atoms with van der Waals surface area (Å²) in [6.45, 7) is 1.51. The van der Waals surface area contributed by atoms with Gasteiger partial charge in [-0.25, -0.2) is 14.0 Å². The van der Waals surface area contributed by atoms with Gasteiger partial charge in [-0.1, -0.05) is 0 Å². The molecular formula is C19H18FN3O4. The van der Waals surface area contributed by atoms with E-state index >= 15 is 0 Å². The Morgan fingerprint density at radius 2 is 1.74 bits per heavy atom. The minimum atomic E-state index is -0.725. The molecule has 0 saturated carbocycles. The van der Waals surface area contributed by atoms with Crippen LogP contribution in [-0.4, -0.2) is 39.5 Å². The van der Waals surface area contributed by atoms with Crippen LogP contribution in [0.4, 0.5) is 4.39 Å². The summed E-state index contributed by atoms with van der Waals surface area (Å²) in [7, 11) is 1.75. The van der Waals surface area contributed by atoms with Crippen LogP contribution in [0.2, 0.25) is 0 Å². The number of fused-ring (bicyclic) bond motifs is 1. The first-order chi connectivity index (χ1) is 13.0. The van der Waals surface area contributed by atoms with Crippen LogP contribution in [0.15, 0.2) is 36.4 Å². The zero-order valence-corrected chi connectivity index (χ0v) is 14.7. The summed E-state index contributed by atoms with van der Waals surface area (Å²) in [5.41, 5.74) is 1.13.